The Hall–Kier alpha value is -2.14. The zero-order valence-corrected chi connectivity index (χ0v) is 13.0. The average Bonchev–Trinajstić information content (AvgIpc) is 2.77. The second kappa shape index (κ2) is 5.33. The van der Waals surface area contributed by atoms with E-state index in [2.05, 4.69) is 20.9 Å². The van der Waals surface area contributed by atoms with Crippen LogP contribution in [0.2, 0.25) is 0 Å². The van der Waals surface area contributed by atoms with Crippen LogP contribution in [0, 0.1) is 6.92 Å². The molecular formula is C16H13BrN2O2. The minimum Gasteiger partial charge on any atom is -0.478 e. The molecule has 0 aliphatic heterocycles. The maximum atomic E-state index is 11.3. The van der Waals surface area contributed by atoms with Gasteiger partial charge < -0.3 is 9.67 Å². The molecule has 0 radical (unpaired) electrons. The highest BCUT2D eigenvalue weighted by Crippen LogP contribution is 2.22. The smallest absolute Gasteiger partial charge is 0.337 e. The summed E-state index contributed by atoms with van der Waals surface area (Å²) in [5, 5.41) is 9.25. The molecule has 0 atom stereocenters. The lowest BCUT2D eigenvalue weighted by molar-refractivity contribution is 0.0699. The number of aryl methyl sites for hydroxylation is 1. The first-order valence-corrected chi connectivity index (χ1v) is 7.29. The molecule has 0 bridgehead atoms. The number of aromatic nitrogens is 2. The van der Waals surface area contributed by atoms with Gasteiger partial charge in [0.05, 0.1) is 11.1 Å². The first kappa shape index (κ1) is 13.8. The molecule has 3 rings (SSSR count). The van der Waals surface area contributed by atoms with Crippen LogP contribution in [0.1, 0.15) is 21.7 Å². The van der Waals surface area contributed by atoms with E-state index in [-0.39, 0.29) is 5.56 Å². The molecule has 0 saturated heterocycles. The molecule has 0 fully saturated rings. The number of carboxylic acid groups (broad SMARTS) is 1. The molecule has 0 aliphatic rings. The summed E-state index contributed by atoms with van der Waals surface area (Å²) >= 11 is 3.42. The van der Waals surface area contributed by atoms with E-state index in [0.717, 1.165) is 21.4 Å². The highest BCUT2D eigenvalue weighted by molar-refractivity contribution is 9.10. The highest BCUT2D eigenvalue weighted by Gasteiger charge is 2.14. The number of carboxylic acids is 1. The van der Waals surface area contributed by atoms with Gasteiger partial charge in [0.25, 0.3) is 0 Å². The summed E-state index contributed by atoms with van der Waals surface area (Å²) in [6, 6.07) is 13.3. The number of hydrogen-bond acceptors (Lipinski definition) is 2. The summed E-state index contributed by atoms with van der Waals surface area (Å²) in [5.74, 6) is -0.143. The van der Waals surface area contributed by atoms with Crippen molar-refractivity contribution < 1.29 is 9.90 Å². The van der Waals surface area contributed by atoms with Crippen LogP contribution in [0.4, 0.5) is 0 Å². The molecule has 4 nitrogen and oxygen atoms in total. The second-order valence-electron chi connectivity index (χ2n) is 4.85. The van der Waals surface area contributed by atoms with Gasteiger partial charge in [0.15, 0.2) is 0 Å². The Morgan fingerprint density at radius 2 is 1.95 bits per heavy atom. The summed E-state index contributed by atoms with van der Waals surface area (Å²) < 4.78 is 3.07. The fourth-order valence-electron chi connectivity index (χ4n) is 2.41. The predicted octanol–water partition coefficient (Wildman–Crippen LogP) is 3.85. The molecule has 1 aromatic heterocycles. The van der Waals surface area contributed by atoms with Crippen LogP contribution >= 0.6 is 15.9 Å². The molecule has 21 heavy (non-hydrogen) atoms. The Bertz CT molecular complexity index is 822. The summed E-state index contributed by atoms with van der Waals surface area (Å²) in [5.41, 5.74) is 2.77. The lowest BCUT2D eigenvalue weighted by Gasteiger charge is -2.07. The summed E-state index contributed by atoms with van der Waals surface area (Å²) in [4.78, 5) is 15.7. The zero-order valence-electron chi connectivity index (χ0n) is 11.4. The molecule has 3 aromatic rings. The van der Waals surface area contributed by atoms with Crippen LogP contribution in [-0.4, -0.2) is 20.6 Å². The maximum absolute atomic E-state index is 11.3. The monoisotopic (exact) mass is 344 g/mol. The largest absolute Gasteiger partial charge is 0.478 e. The Kier molecular flexibility index (Phi) is 3.51. The second-order valence-corrected chi connectivity index (χ2v) is 5.77. The molecule has 0 aliphatic carbocycles. The molecule has 106 valence electrons. The average molecular weight is 345 g/mol. The number of carbonyl (C=O) groups is 1. The number of fused-ring (bicyclic) bond motifs is 1. The number of rotatable bonds is 3. The van der Waals surface area contributed by atoms with Crippen molar-refractivity contribution in [1.82, 2.24) is 9.55 Å². The van der Waals surface area contributed by atoms with Gasteiger partial charge in [-0.1, -0.05) is 34.1 Å². The standard InChI is InChI=1S/C16H13BrN2O2/c1-10-18-15-13(16(20)21)3-2-4-14(15)19(10)9-11-5-7-12(17)8-6-11/h2-8H,9H2,1H3,(H,20,21). The number of halogens is 1. The van der Waals surface area contributed by atoms with Gasteiger partial charge in [-0.2, -0.15) is 0 Å². The third-order valence-electron chi connectivity index (χ3n) is 3.45. The quantitative estimate of drug-likeness (QED) is 0.784. The third kappa shape index (κ3) is 2.56. The van der Waals surface area contributed by atoms with Crippen molar-refractivity contribution in [3.05, 3.63) is 63.9 Å². The van der Waals surface area contributed by atoms with Gasteiger partial charge in [-0.25, -0.2) is 9.78 Å². The normalized spacial score (nSPS) is 11.0. The van der Waals surface area contributed by atoms with E-state index < -0.39 is 5.97 Å². The van der Waals surface area contributed by atoms with Crippen molar-refractivity contribution in [2.24, 2.45) is 0 Å². The van der Waals surface area contributed by atoms with E-state index in [1.54, 1.807) is 12.1 Å². The molecule has 0 spiro atoms. The van der Waals surface area contributed by atoms with Crippen molar-refractivity contribution in [2.75, 3.05) is 0 Å². The zero-order chi connectivity index (χ0) is 15.0. The summed E-state index contributed by atoms with van der Waals surface area (Å²) in [6.45, 7) is 2.56. The molecule has 1 heterocycles. The SMILES string of the molecule is Cc1nc2c(C(=O)O)cccc2n1Cc1ccc(Br)cc1. The molecule has 0 unspecified atom stereocenters. The first-order chi connectivity index (χ1) is 10.1. The lowest BCUT2D eigenvalue weighted by atomic mass is 10.2. The van der Waals surface area contributed by atoms with Gasteiger partial charge >= 0.3 is 5.97 Å². The van der Waals surface area contributed by atoms with Crippen LogP contribution in [0.25, 0.3) is 11.0 Å². The molecule has 0 saturated carbocycles. The molecule has 1 N–H and O–H groups in total. The molecule has 0 amide bonds. The van der Waals surface area contributed by atoms with E-state index in [4.69, 9.17) is 0 Å². The van der Waals surface area contributed by atoms with Crippen molar-refractivity contribution in [3.63, 3.8) is 0 Å². The van der Waals surface area contributed by atoms with Gasteiger partial charge in [0, 0.05) is 11.0 Å². The fraction of sp³-hybridized carbons (Fsp3) is 0.125. The number of aromatic carboxylic acids is 1. The van der Waals surface area contributed by atoms with Crippen LogP contribution in [0.15, 0.2) is 46.9 Å². The van der Waals surface area contributed by atoms with E-state index in [1.807, 2.05) is 41.8 Å². The third-order valence-corrected chi connectivity index (χ3v) is 3.98. The topological polar surface area (TPSA) is 55.1 Å². The minimum atomic E-state index is -0.950. The lowest BCUT2D eigenvalue weighted by Crippen LogP contribution is -2.02. The highest BCUT2D eigenvalue weighted by atomic mass is 79.9. The van der Waals surface area contributed by atoms with Crippen molar-refractivity contribution >= 4 is 32.9 Å². The summed E-state index contributed by atoms with van der Waals surface area (Å²) in [7, 11) is 0. The first-order valence-electron chi connectivity index (χ1n) is 6.50. The Labute approximate surface area is 130 Å². The Morgan fingerprint density at radius 3 is 2.62 bits per heavy atom. The summed E-state index contributed by atoms with van der Waals surface area (Å²) in [6.07, 6.45) is 0. The number of para-hydroxylation sites is 1. The Morgan fingerprint density at radius 1 is 1.24 bits per heavy atom. The molecule has 5 heteroatoms. The molecule has 2 aromatic carbocycles. The van der Waals surface area contributed by atoms with Gasteiger partial charge in [-0.15, -0.1) is 0 Å². The number of benzene rings is 2. The Balaban J connectivity index is 2.10. The van der Waals surface area contributed by atoms with Gasteiger partial charge in [0.1, 0.15) is 11.3 Å². The maximum Gasteiger partial charge on any atom is 0.337 e. The molecular weight excluding hydrogens is 332 g/mol. The van der Waals surface area contributed by atoms with Gasteiger partial charge in [0.2, 0.25) is 0 Å². The van der Waals surface area contributed by atoms with E-state index >= 15 is 0 Å². The van der Waals surface area contributed by atoms with Gasteiger partial charge in [-0.05, 0) is 36.8 Å². The van der Waals surface area contributed by atoms with Crippen molar-refractivity contribution in [3.8, 4) is 0 Å². The number of nitrogens with zero attached hydrogens (tertiary/aromatic N) is 2. The van der Waals surface area contributed by atoms with Crippen LogP contribution in [0.3, 0.4) is 0 Å². The van der Waals surface area contributed by atoms with Crippen LogP contribution in [0.5, 0.6) is 0 Å². The number of hydrogen-bond donors (Lipinski definition) is 1. The van der Waals surface area contributed by atoms with E-state index in [9.17, 15) is 9.90 Å². The minimum absolute atomic E-state index is 0.241. The van der Waals surface area contributed by atoms with Gasteiger partial charge in [-0.3, -0.25) is 0 Å². The predicted molar refractivity (Wildman–Crippen MR) is 84.7 cm³/mol. The van der Waals surface area contributed by atoms with Crippen LogP contribution in [-0.2, 0) is 6.54 Å². The van der Waals surface area contributed by atoms with Crippen molar-refractivity contribution in [1.29, 1.82) is 0 Å². The fourth-order valence-corrected chi connectivity index (χ4v) is 2.67. The van der Waals surface area contributed by atoms with E-state index in [0.29, 0.717) is 12.1 Å². The number of imidazole rings is 1. The van der Waals surface area contributed by atoms with E-state index in [1.165, 1.54) is 0 Å². The van der Waals surface area contributed by atoms with Crippen molar-refractivity contribution in [2.45, 2.75) is 13.5 Å². The van der Waals surface area contributed by atoms with Crippen LogP contribution < -0.4 is 0 Å².